The smallest absolute Gasteiger partial charge is 0.349 e. The molecule has 1 heterocycles. The topological polar surface area (TPSA) is 75.6 Å². The molecule has 0 atom stereocenters. The van der Waals surface area contributed by atoms with E-state index >= 15 is 0 Å². The van der Waals surface area contributed by atoms with Crippen molar-refractivity contribution in [2.75, 3.05) is 5.32 Å². The van der Waals surface area contributed by atoms with Crippen molar-refractivity contribution < 1.29 is 23.8 Å². The minimum Gasteiger partial charge on any atom is -0.477 e. The van der Waals surface area contributed by atoms with Gasteiger partial charge in [0.15, 0.2) is 16.4 Å². The maximum Gasteiger partial charge on any atom is 0.349 e. The monoisotopic (exact) mass is 357 g/mol. The van der Waals surface area contributed by atoms with Crippen molar-refractivity contribution >= 4 is 28.9 Å². The molecule has 3 aromatic rings. The zero-order valence-corrected chi connectivity index (χ0v) is 13.5. The number of amides is 1. The number of rotatable bonds is 5. The number of carboxylic acid groups (broad SMARTS) is 1. The number of ether oxygens (including phenoxy) is 1. The van der Waals surface area contributed by atoms with Crippen LogP contribution in [0.3, 0.4) is 0 Å². The fourth-order valence-corrected chi connectivity index (χ4v) is 2.80. The summed E-state index contributed by atoms with van der Waals surface area (Å²) >= 11 is 1.03. The zero-order chi connectivity index (χ0) is 17.8. The first-order valence-corrected chi connectivity index (χ1v) is 8.08. The van der Waals surface area contributed by atoms with Crippen LogP contribution in [0, 0.1) is 5.82 Å². The molecule has 2 N–H and O–H groups in total. The summed E-state index contributed by atoms with van der Waals surface area (Å²) in [6, 6.07) is 13.7. The van der Waals surface area contributed by atoms with Crippen LogP contribution in [0.1, 0.15) is 20.0 Å². The summed E-state index contributed by atoms with van der Waals surface area (Å²) in [5, 5.41) is 13.3. The van der Waals surface area contributed by atoms with Gasteiger partial charge in [0.1, 0.15) is 5.82 Å². The minimum absolute atomic E-state index is 0.0511. The normalized spacial score (nSPS) is 10.3. The first-order valence-electron chi connectivity index (χ1n) is 7.20. The molecule has 126 valence electrons. The van der Waals surface area contributed by atoms with E-state index in [0.717, 1.165) is 11.3 Å². The van der Waals surface area contributed by atoms with E-state index in [9.17, 15) is 14.0 Å². The molecule has 1 amide bonds. The van der Waals surface area contributed by atoms with Crippen LogP contribution in [0.2, 0.25) is 0 Å². The van der Waals surface area contributed by atoms with Crippen molar-refractivity contribution in [3.05, 3.63) is 76.2 Å². The molecule has 0 bridgehead atoms. The van der Waals surface area contributed by atoms with Gasteiger partial charge >= 0.3 is 5.97 Å². The third-order valence-corrected chi connectivity index (χ3v) is 4.18. The zero-order valence-electron chi connectivity index (χ0n) is 12.7. The van der Waals surface area contributed by atoms with Crippen molar-refractivity contribution in [1.29, 1.82) is 0 Å². The third kappa shape index (κ3) is 3.67. The highest BCUT2D eigenvalue weighted by Crippen LogP contribution is 2.34. The van der Waals surface area contributed by atoms with Crippen LogP contribution in [-0.4, -0.2) is 17.0 Å². The van der Waals surface area contributed by atoms with Crippen LogP contribution >= 0.6 is 11.3 Å². The van der Waals surface area contributed by atoms with Gasteiger partial charge in [-0.25, -0.2) is 9.18 Å². The first-order chi connectivity index (χ1) is 12.1. The fraction of sp³-hybridized carbons (Fsp3) is 0. The van der Waals surface area contributed by atoms with Crippen molar-refractivity contribution in [3.8, 4) is 11.5 Å². The van der Waals surface area contributed by atoms with E-state index in [1.165, 1.54) is 24.3 Å². The number of benzene rings is 2. The highest BCUT2D eigenvalue weighted by molar-refractivity contribution is 7.12. The van der Waals surface area contributed by atoms with E-state index in [0.29, 0.717) is 5.69 Å². The number of carboxylic acids is 1. The molecule has 5 nitrogen and oxygen atoms in total. The van der Waals surface area contributed by atoms with E-state index in [2.05, 4.69) is 5.32 Å². The molecule has 0 aliphatic carbocycles. The van der Waals surface area contributed by atoms with E-state index in [-0.39, 0.29) is 21.9 Å². The van der Waals surface area contributed by atoms with Gasteiger partial charge in [0.05, 0.1) is 11.3 Å². The average Bonchev–Trinajstić information content (AvgIpc) is 3.05. The van der Waals surface area contributed by atoms with E-state index in [1.54, 1.807) is 35.7 Å². The molecule has 3 rings (SSSR count). The second-order valence-corrected chi connectivity index (χ2v) is 5.87. The maximum atomic E-state index is 13.7. The average molecular weight is 357 g/mol. The number of para-hydroxylation sites is 2. The van der Waals surface area contributed by atoms with Crippen molar-refractivity contribution in [2.24, 2.45) is 0 Å². The number of carbonyl (C=O) groups is 2. The van der Waals surface area contributed by atoms with Crippen LogP contribution in [0.15, 0.2) is 60.0 Å². The summed E-state index contributed by atoms with van der Waals surface area (Å²) in [4.78, 5) is 23.5. The molecule has 0 spiro atoms. The lowest BCUT2D eigenvalue weighted by Crippen LogP contribution is -2.14. The summed E-state index contributed by atoms with van der Waals surface area (Å²) < 4.78 is 19.4. The molecule has 7 heteroatoms. The number of nitrogens with one attached hydrogen (secondary N) is 1. The predicted octanol–water partition coefficient (Wildman–Crippen LogP) is 4.63. The Bertz CT molecular complexity index is 938. The lowest BCUT2D eigenvalue weighted by atomic mass is 10.2. The molecule has 0 unspecified atom stereocenters. The van der Waals surface area contributed by atoms with Crippen LogP contribution in [0.25, 0.3) is 0 Å². The highest BCUT2D eigenvalue weighted by Gasteiger charge is 2.17. The van der Waals surface area contributed by atoms with Gasteiger partial charge in [-0.3, -0.25) is 4.79 Å². The highest BCUT2D eigenvalue weighted by atomic mass is 32.1. The van der Waals surface area contributed by atoms with Gasteiger partial charge in [0.2, 0.25) is 0 Å². The number of halogens is 1. The maximum absolute atomic E-state index is 13.7. The predicted molar refractivity (Wildman–Crippen MR) is 92.1 cm³/mol. The number of carbonyl (C=O) groups excluding carboxylic acids is 1. The molecule has 0 saturated heterocycles. The van der Waals surface area contributed by atoms with Crippen molar-refractivity contribution in [3.63, 3.8) is 0 Å². The molecule has 0 aliphatic rings. The lowest BCUT2D eigenvalue weighted by molar-refractivity contribution is 0.0699. The molecular weight excluding hydrogens is 345 g/mol. The molecule has 0 fully saturated rings. The van der Waals surface area contributed by atoms with E-state index < -0.39 is 17.7 Å². The number of hydrogen-bond acceptors (Lipinski definition) is 4. The molecule has 0 saturated carbocycles. The third-order valence-electron chi connectivity index (χ3n) is 3.30. The van der Waals surface area contributed by atoms with Gasteiger partial charge in [0, 0.05) is 0 Å². The fourth-order valence-electron chi connectivity index (χ4n) is 2.15. The molecule has 25 heavy (non-hydrogen) atoms. The standard InChI is InChI=1S/C18H12FNO4S/c19-12-6-2-1-5-11(12)17(21)20-13-7-3-4-8-14(13)24-15-9-10-25-16(15)18(22)23/h1-10H,(H,20,21)(H,22,23). The number of hydrogen-bond donors (Lipinski definition) is 2. The lowest BCUT2D eigenvalue weighted by Gasteiger charge is -2.12. The van der Waals surface area contributed by atoms with Gasteiger partial charge < -0.3 is 15.2 Å². The van der Waals surface area contributed by atoms with Gasteiger partial charge in [-0.15, -0.1) is 11.3 Å². The Morgan fingerprint density at radius 3 is 2.48 bits per heavy atom. The molecule has 2 aromatic carbocycles. The summed E-state index contributed by atoms with van der Waals surface area (Å²) in [7, 11) is 0. The van der Waals surface area contributed by atoms with E-state index in [4.69, 9.17) is 9.84 Å². The Kier molecular flexibility index (Phi) is 4.76. The van der Waals surface area contributed by atoms with Crippen LogP contribution in [0.4, 0.5) is 10.1 Å². The summed E-state index contributed by atoms with van der Waals surface area (Å²) in [6.07, 6.45) is 0. The summed E-state index contributed by atoms with van der Waals surface area (Å²) in [5.74, 6) is -1.93. The Balaban J connectivity index is 1.86. The Morgan fingerprint density at radius 2 is 1.72 bits per heavy atom. The minimum atomic E-state index is -1.10. The number of thiophene rings is 1. The summed E-state index contributed by atoms with van der Waals surface area (Å²) in [5.41, 5.74) is 0.206. The first kappa shape index (κ1) is 16.7. The Hall–Kier alpha value is -3.19. The Morgan fingerprint density at radius 1 is 1.00 bits per heavy atom. The van der Waals surface area contributed by atoms with Crippen LogP contribution in [-0.2, 0) is 0 Å². The van der Waals surface area contributed by atoms with Crippen LogP contribution in [0.5, 0.6) is 11.5 Å². The van der Waals surface area contributed by atoms with Gasteiger partial charge in [-0.2, -0.15) is 0 Å². The SMILES string of the molecule is O=C(Nc1ccccc1Oc1ccsc1C(=O)O)c1ccccc1F. The van der Waals surface area contributed by atoms with E-state index in [1.807, 2.05) is 0 Å². The van der Waals surface area contributed by atoms with Gasteiger partial charge in [-0.05, 0) is 35.7 Å². The molecule has 0 aliphatic heterocycles. The number of anilines is 1. The largest absolute Gasteiger partial charge is 0.477 e. The molecular formula is C18H12FNO4S. The van der Waals surface area contributed by atoms with Crippen LogP contribution < -0.4 is 10.1 Å². The van der Waals surface area contributed by atoms with Crippen molar-refractivity contribution in [2.45, 2.75) is 0 Å². The second kappa shape index (κ2) is 7.14. The number of aromatic carboxylic acids is 1. The molecule has 0 radical (unpaired) electrons. The van der Waals surface area contributed by atoms with Crippen molar-refractivity contribution in [1.82, 2.24) is 0 Å². The van der Waals surface area contributed by atoms with Gasteiger partial charge in [0.25, 0.3) is 5.91 Å². The van der Waals surface area contributed by atoms with Gasteiger partial charge in [-0.1, -0.05) is 24.3 Å². The molecule has 1 aromatic heterocycles. The quantitative estimate of drug-likeness (QED) is 0.698. The Labute approximate surface area is 146 Å². The second-order valence-electron chi connectivity index (χ2n) is 4.95. The summed E-state index contributed by atoms with van der Waals surface area (Å²) in [6.45, 7) is 0.